The van der Waals surface area contributed by atoms with E-state index >= 15 is 0 Å². The molecule has 6 rings (SSSR count). The van der Waals surface area contributed by atoms with Crippen molar-refractivity contribution in [1.82, 2.24) is 4.58 Å². The molecule has 1 N–H and O–H groups in total. The number of nitrogens with zero attached hydrogens (tertiary/aromatic N) is 2. The van der Waals surface area contributed by atoms with Gasteiger partial charge in [0.15, 0.2) is 0 Å². The zero-order valence-electron chi connectivity index (χ0n) is 18.4. The Morgan fingerprint density at radius 1 is 0.941 bits per heavy atom. The standard InChI is InChI=1S/C27H22N2O5/c30-26(31)16-3-6-19(22(13-16)27(32)33)25-20-7-4-17(28-9-1-10-28)14-23(20)34-24-15-18(5-8-21(24)25)29-11-2-12-29/h3-8,13-15H,1-2,9-12H2,(H-,30,31,32,33). The van der Waals surface area contributed by atoms with E-state index in [1.54, 1.807) is 6.07 Å². The first-order valence-corrected chi connectivity index (χ1v) is 11.4. The lowest BCUT2D eigenvalue weighted by molar-refractivity contribution is -0.255. The Hall–Kier alpha value is -4.13. The molecular formula is C27H22N2O5. The van der Waals surface area contributed by atoms with Crippen molar-refractivity contribution in [2.75, 3.05) is 31.1 Å². The van der Waals surface area contributed by atoms with Crippen LogP contribution in [0.25, 0.3) is 33.4 Å². The maximum atomic E-state index is 12.2. The molecular weight excluding hydrogens is 432 g/mol. The molecule has 2 aromatic carbocycles. The maximum absolute atomic E-state index is 12.2. The summed E-state index contributed by atoms with van der Waals surface area (Å²) in [7, 11) is 0. The molecule has 34 heavy (non-hydrogen) atoms. The molecule has 2 saturated heterocycles. The van der Waals surface area contributed by atoms with Crippen molar-refractivity contribution >= 4 is 28.6 Å². The molecule has 0 bridgehead atoms. The van der Waals surface area contributed by atoms with Crippen LogP contribution in [-0.2, 0) is 0 Å². The molecule has 4 aliphatic rings. The number of carbonyl (C=O) groups is 2. The molecule has 3 aliphatic heterocycles. The van der Waals surface area contributed by atoms with E-state index in [-0.39, 0.29) is 11.1 Å². The number of hydrogen-bond acceptors (Lipinski definition) is 5. The van der Waals surface area contributed by atoms with E-state index < -0.39 is 11.9 Å². The molecule has 0 radical (unpaired) electrons. The first-order valence-electron chi connectivity index (χ1n) is 11.4. The van der Waals surface area contributed by atoms with E-state index in [0.29, 0.717) is 22.5 Å². The van der Waals surface area contributed by atoms with Crippen molar-refractivity contribution in [2.24, 2.45) is 0 Å². The Morgan fingerprint density at radius 2 is 1.74 bits per heavy atom. The van der Waals surface area contributed by atoms with E-state index in [1.807, 2.05) is 36.4 Å². The predicted octanol–water partition coefficient (Wildman–Crippen LogP) is 2.65. The van der Waals surface area contributed by atoms with Gasteiger partial charge in [0.2, 0.25) is 5.36 Å². The fourth-order valence-electron chi connectivity index (χ4n) is 4.77. The highest BCUT2D eigenvalue weighted by atomic mass is 16.4. The number of aromatic carboxylic acids is 2. The highest BCUT2D eigenvalue weighted by Gasteiger charge is 2.25. The average Bonchev–Trinajstić information content (AvgIpc) is 2.74. The summed E-state index contributed by atoms with van der Waals surface area (Å²) in [4.78, 5) is 25.8. The summed E-state index contributed by atoms with van der Waals surface area (Å²) < 4.78 is 8.66. The summed E-state index contributed by atoms with van der Waals surface area (Å²) in [5.41, 5.74) is 3.40. The fraction of sp³-hybridized carbons (Fsp3) is 0.222. The van der Waals surface area contributed by atoms with Crippen LogP contribution in [-0.4, -0.2) is 43.2 Å². The monoisotopic (exact) mass is 454 g/mol. The van der Waals surface area contributed by atoms with Gasteiger partial charge in [-0.25, -0.2) is 9.37 Å². The number of benzene rings is 3. The molecule has 7 nitrogen and oxygen atoms in total. The molecule has 0 atom stereocenters. The summed E-state index contributed by atoms with van der Waals surface area (Å²) >= 11 is 0. The van der Waals surface area contributed by atoms with Crippen molar-refractivity contribution in [3.63, 3.8) is 0 Å². The summed E-state index contributed by atoms with van der Waals surface area (Å²) in [6.07, 6.45) is 2.31. The molecule has 0 unspecified atom stereocenters. The van der Waals surface area contributed by atoms with Crippen molar-refractivity contribution in [3.8, 4) is 22.5 Å². The number of carbonyl (C=O) groups excluding carboxylic acids is 1. The van der Waals surface area contributed by atoms with E-state index in [0.717, 1.165) is 67.1 Å². The van der Waals surface area contributed by atoms with Gasteiger partial charge < -0.3 is 24.3 Å². The van der Waals surface area contributed by atoms with Crippen LogP contribution in [0.5, 0.6) is 0 Å². The molecule has 2 aromatic rings. The molecule has 3 heterocycles. The van der Waals surface area contributed by atoms with Crippen molar-refractivity contribution in [1.29, 1.82) is 0 Å². The second-order valence-electron chi connectivity index (χ2n) is 8.87. The zero-order valence-corrected chi connectivity index (χ0v) is 18.4. The smallest absolute Gasteiger partial charge is 0.336 e. The first-order chi connectivity index (χ1) is 16.5. The second kappa shape index (κ2) is 7.73. The van der Waals surface area contributed by atoms with Gasteiger partial charge in [-0.2, -0.15) is 0 Å². The van der Waals surface area contributed by atoms with Crippen LogP contribution < -0.4 is 19.9 Å². The highest BCUT2D eigenvalue weighted by Crippen LogP contribution is 2.42. The zero-order chi connectivity index (χ0) is 23.4. The lowest BCUT2D eigenvalue weighted by Crippen LogP contribution is -2.40. The van der Waals surface area contributed by atoms with Gasteiger partial charge in [0.1, 0.15) is 24.4 Å². The minimum absolute atomic E-state index is 0.0888. The molecule has 0 saturated carbocycles. The summed E-state index contributed by atoms with van der Waals surface area (Å²) in [5, 5.41) is 23.2. The molecule has 7 heteroatoms. The number of hydrogen-bond donors (Lipinski definition) is 1. The maximum Gasteiger partial charge on any atom is 0.336 e. The topological polar surface area (TPSA) is 96.8 Å². The van der Waals surface area contributed by atoms with E-state index in [1.165, 1.54) is 6.07 Å². The van der Waals surface area contributed by atoms with Crippen LogP contribution >= 0.6 is 0 Å². The molecule has 2 fully saturated rings. The van der Waals surface area contributed by atoms with Crippen molar-refractivity contribution in [3.05, 3.63) is 71.1 Å². The first kappa shape index (κ1) is 20.5. The average molecular weight is 454 g/mol. The molecule has 0 amide bonds. The lowest BCUT2D eigenvalue weighted by atomic mass is 9.89. The molecule has 170 valence electrons. The fourth-order valence-corrected chi connectivity index (χ4v) is 4.77. The van der Waals surface area contributed by atoms with E-state index in [4.69, 9.17) is 4.42 Å². The molecule has 1 aliphatic carbocycles. The third kappa shape index (κ3) is 3.23. The number of fused-ring (bicyclic) bond motifs is 2. The van der Waals surface area contributed by atoms with Crippen LogP contribution in [0.1, 0.15) is 33.6 Å². The van der Waals surface area contributed by atoms with Gasteiger partial charge in [0.05, 0.1) is 24.0 Å². The molecule has 0 spiro atoms. The Morgan fingerprint density at radius 3 is 2.38 bits per heavy atom. The van der Waals surface area contributed by atoms with Crippen molar-refractivity contribution < 1.29 is 24.2 Å². The number of carboxylic acids is 2. The van der Waals surface area contributed by atoms with E-state index in [9.17, 15) is 19.8 Å². The van der Waals surface area contributed by atoms with Crippen molar-refractivity contribution in [2.45, 2.75) is 12.8 Å². The van der Waals surface area contributed by atoms with Gasteiger partial charge in [0, 0.05) is 47.4 Å². The minimum Gasteiger partial charge on any atom is -0.545 e. The largest absolute Gasteiger partial charge is 0.545 e. The van der Waals surface area contributed by atoms with Crippen LogP contribution in [0.3, 0.4) is 0 Å². The lowest BCUT2D eigenvalue weighted by Gasteiger charge is -2.33. The van der Waals surface area contributed by atoms with Crippen LogP contribution in [0, 0.1) is 0 Å². The second-order valence-corrected chi connectivity index (χ2v) is 8.87. The third-order valence-electron chi connectivity index (χ3n) is 6.89. The van der Waals surface area contributed by atoms with Gasteiger partial charge in [-0.1, -0.05) is 12.1 Å². The summed E-state index contributed by atoms with van der Waals surface area (Å²) in [6.45, 7) is 4.00. The highest BCUT2D eigenvalue weighted by molar-refractivity contribution is 6.08. The van der Waals surface area contributed by atoms with Gasteiger partial charge >= 0.3 is 5.97 Å². The Labute approximate surface area is 195 Å². The number of carboxylic acid groups (broad SMARTS) is 2. The Kier molecular flexibility index (Phi) is 4.65. The van der Waals surface area contributed by atoms with Crippen LogP contribution in [0.4, 0.5) is 5.69 Å². The number of rotatable bonds is 4. The van der Waals surface area contributed by atoms with Gasteiger partial charge in [-0.15, -0.1) is 0 Å². The van der Waals surface area contributed by atoms with Crippen LogP contribution in [0.2, 0.25) is 0 Å². The third-order valence-corrected chi connectivity index (χ3v) is 6.89. The SMILES string of the molecule is O=C([O-])c1ccc(-c2c3ccc(=[N+]4CCC4)cc-3oc3cc(N4CCC4)ccc23)c(C(=O)O)c1. The number of anilines is 1. The minimum atomic E-state index is -1.41. The summed E-state index contributed by atoms with van der Waals surface area (Å²) in [5.74, 6) is -1.95. The Bertz CT molecular complexity index is 1520. The van der Waals surface area contributed by atoms with Gasteiger partial charge in [0.25, 0.3) is 0 Å². The predicted molar refractivity (Wildman–Crippen MR) is 126 cm³/mol. The Balaban J connectivity index is 1.68. The van der Waals surface area contributed by atoms with Gasteiger partial charge in [-0.3, -0.25) is 0 Å². The molecule has 0 aromatic heterocycles. The normalized spacial score (nSPS) is 15.3. The summed E-state index contributed by atoms with van der Waals surface area (Å²) in [6, 6.07) is 16.1. The van der Waals surface area contributed by atoms with Crippen LogP contribution in [0.15, 0.2) is 59.0 Å². The quantitative estimate of drug-likeness (QED) is 0.376. The van der Waals surface area contributed by atoms with Gasteiger partial charge in [-0.05, 0) is 41.8 Å². The van der Waals surface area contributed by atoms with E-state index in [2.05, 4.69) is 9.48 Å².